The molecule has 6 nitrogen and oxygen atoms in total. The maximum Gasteiger partial charge on any atom is 0.231 e. The summed E-state index contributed by atoms with van der Waals surface area (Å²) in [7, 11) is 2.99. The molecule has 2 aromatic rings. The molecule has 124 valence electrons. The van der Waals surface area contributed by atoms with E-state index in [1.54, 1.807) is 36.4 Å². The summed E-state index contributed by atoms with van der Waals surface area (Å²) in [4.78, 5) is 24.8. The Morgan fingerprint density at radius 2 is 1.75 bits per heavy atom. The third-order valence-corrected chi connectivity index (χ3v) is 3.72. The first-order valence-corrected chi connectivity index (χ1v) is 7.30. The molecule has 0 spiro atoms. The number of carbonyl (C=O) groups is 2. The minimum atomic E-state index is -0.322. The molecular weight excluding hydrogens is 312 g/mol. The second-order valence-electron chi connectivity index (χ2n) is 5.16. The molecule has 6 heteroatoms. The molecule has 0 amide bonds. The number of Topliss-reactive ketones (excluding diaryl/α,β-unsaturated/α-hetero) is 2. The summed E-state index contributed by atoms with van der Waals surface area (Å²) < 4.78 is 20.8. The number of hydrogen-bond acceptors (Lipinski definition) is 6. The molecule has 24 heavy (non-hydrogen) atoms. The van der Waals surface area contributed by atoms with Crippen LogP contribution < -0.4 is 18.9 Å². The van der Waals surface area contributed by atoms with Gasteiger partial charge in [0.05, 0.1) is 26.2 Å². The van der Waals surface area contributed by atoms with Crippen molar-refractivity contribution in [1.82, 2.24) is 0 Å². The number of benzene rings is 2. The molecule has 0 saturated heterocycles. The normalized spacial score (nSPS) is 11.9. The Kier molecular flexibility index (Phi) is 4.37. The standard InChI is InChI=1S/C18H16O6/c1-21-12-4-5-13(17(8-12)22-2)15(20)9-14(19)11-3-6-16-18(7-11)24-10-23-16/h3-8H,9-10H2,1-2H3. The van der Waals surface area contributed by atoms with Gasteiger partial charge in [-0.2, -0.15) is 0 Å². The van der Waals surface area contributed by atoms with E-state index in [-0.39, 0.29) is 24.8 Å². The van der Waals surface area contributed by atoms with Gasteiger partial charge in [-0.15, -0.1) is 0 Å². The number of fused-ring (bicyclic) bond motifs is 1. The van der Waals surface area contributed by atoms with Crippen LogP contribution in [0.5, 0.6) is 23.0 Å². The number of rotatable bonds is 6. The number of ether oxygens (including phenoxy) is 4. The highest BCUT2D eigenvalue weighted by Crippen LogP contribution is 2.33. The Labute approximate surface area is 138 Å². The molecule has 0 saturated carbocycles. The maximum atomic E-state index is 12.4. The fourth-order valence-electron chi connectivity index (χ4n) is 2.44. The minimum absolute atomic E-state index is 0.134. The van der Waals surface area contributed by atoms with Crippen molar-refractivity contribution in [2.75, 3.05) is 21.0 Å². The molecule has 0 atom stereocenters. The van der Waals surface area contributed by atoms with Crippen molar-refractivity contribution in [3.63, 3.8) is 0 Å². The van der Waals surface area contributed by atoms with E-state index in [9.17, 15) is 9.59 Å². The Morgan fingerprint density at radius 3 is 2.50 bits per heavy atom. The van der Waals surface area contributed by atoms with Crippen LogP contribution in [0.1, 0.15) is 27.1 Å². The van der Waals surface area contributed by atoms with Crippen molar-refractivity contribution in [1.29, 1.82) is 0 Å². The van der Waals surface area contributed by atoms with Gasteiger partial charge < -0.3 is 18.9 Å². The number of carbonyl (C=O) groups excluding carboxylic acids is 2. The van der Waals surface area contributed by atoms with E-state index >= 15 is 0 Å². The third kappa shape index (κ3) is 3.03. The monoisotopic (exact) mass is 328 g/mol. The lowest BCUT2D eigenvalue weighted by molar-refractivity contribution is 0.0892. The van der Waals surface area contributed by atoms with E-state index in [4.69, 9.17) is 18.9 Å². The summed E-state index contributed by atoms with van der Waals surface area (Å²) >= 11 is 0. The Hall–Kier alpha value is -3.02. The van der Waals surface area contributed by atoms with Gasteiger partial charge in [0.1, 0.15) is 11.5 Å². The summed E-state index contributed by atoms with van der Waals surface area (Å²) in [6, 6.07) is 9.72. The second-order valence-corrected chi connectivity index (χ2v) is 5.16. The number of methoxy groups -OCH3 is 2. The van der Waals surface area contributed by atoms with E-state index in [2.05, 4.69) is 0 Å². The first-order chi connectivity index (χ1) is 11.6. The van der Waals surface area contributed by atoms with Crippen LogP contribution in [0, 0.1) is 0 Å². The van der Waals surface area contributed by atoms with Crippen LogP contribution in [0.3, 0.4) is 0 Å². The van der Waals surface area contributed by atoms with E-state index in [0.717, 1.165) is 0 Å². The molecule has 1 heterocycles. The molecule has 0 N–H and O–H groups in total. The van der Waals surface area contributed by atoms with Crippen molar-refractivity contribution in [2.24, 2.45) is 0 Å². The highest BCUT2D eigenvalue weighted by atomic mass is 16.7. The molecule has 0 aromatic heterocycles. The van der Waals surface area contributed by atoms with Gasteiger partial charge in [-0.25, -0.2) is 0 Å². The van der Waals surface area contributed by atoms with Crippen molar-refractivity contribution in [3.05, 3.63) is 47.5 Å². The molecule has 0 aliphatic carbocycles. The average molecular weight is 328 g/mol. The van der Waals surface area contributed by atoms with E-state index in [1.165, 1.54) is 14.2 Å². The van der Waals surface area contributed by atoms with Crippen LogP contribution in [0.25, 0.3) is 0 Å². The SMILES string of the molecule is COc1ccc(C(=O)CC(=O)c2ccc3c(c2)OCO3)c(OC)c1. The molecule has 0 radical (unpaired) electrons. The van der Waals surface area contributed by atoms with Crippen LogP contribution in [-0.2, 0) is 0 Å². The summed E-state index contributed by atoms with van der Waals surface area (Å²) in [6.07, 6.45) is -0.262. The highest BCUT2D eigenvalue weighted by Gasteiger charge is 2.20. The van der Waals surface area contributed by atoms with Gasteiger partial charge in [-0.1, -0.05) is 0 Å². The Balaban J connectivity index is 1.78. The second kappa shape index (κ2) is 6.62. The van der Waals surface area contributed by atoms with Crippen LogP contribution in [0.4, 0.5) is 0 Å². The van der Waals surface area contributed by atoms with E-state index in [1.807, 2.05) is 0 Å². The highest BCUT2D eigenvalue weighted by molar-refractivity contribution is 6.14. The fourth-order valence-corrected chi connectivity index (χ4v) is 2.44. The van der Waals surface area contributed by atoms with E-state index < -0.39 is 0 Å². The van der Waals surface area contributed by atoms with Crippen molar-refractivity contribution >= 4 is 11.6 Å². The van der Waals surface area contributed by atoms with Crippen molar-refractivity contribution < 1.29 is 28.5 Å². The van der Waals surface area contributed by atoms with Crippen LogP contribution in [0.2, 0.25) is 0 Å². The third-order valence-electron chi connectivity index (χ3n) is 3.72. The topological polar surface area (TPSA) is 71.1 Å². The lowest BCUT2D eigenvalue weighted by Gasteiger charge is -2.09. The first-order valence-electron chi connectivity index (χ1n) is 7.30. The number of hydrogen-bond donors (Lipinski definition) is 0. The van der Waals surface area contributed by atoms with Gasteiger partial charge in [0, 0.05) is 11.6 Å². The van der Waals surface area contributed by atoms with Gasteiger partial charge in [0.2, 0.25) is 6.79 Å². The largest absolute Gasteiger partial charge is 0.497 e. The van der Waals surface area contributed by atoms with Crippen molar-refractivity contribution in [3.8, 4) is 23.0 Å². The van der Waals surface area contributed by atoms with Gasteiger partial charge in [0.25, 0.3) is 0 Å². The summed E-state index contributed by atoms with van der Waals surface area (Å²) in [6.45, 7) is 0.134. The van der Waals surface area contributed by atoms with Gasteiger partial charge in [0.15, 0.2) is 23.1 Å². The Bertz CT molecular complexity index is 796. The molecule has 0 unspecified atom stereocenters. The van der Waals surface area contributed by atoms with Crippen molar-refractivity contribution in [2.45, 2.75) is 6.42 Å². The summed E-state index contributed by atoms with van der Waals surface area (Å²) in [5.74, 6) is 1.43. The van der Waals surface area contributed by atoms with E-state index in [0.29, 0.717) is 34.1 Å². The number of ketones is 2. The van der Waals surface area contributed by atoms with Gasteiger partial charge >= 0.3 is 0 Å². The molecule has 1 aliphatic heterocycles. The molecule has 2 aromatic carbocycles. The lowest BCUT2D eigenvalue weighted by Crippen LogP contribution is -2.10. The predicted octanol–water partition coefficient (Wildman–Crippen LogP) is 2.89. The molecular formula is C18H16O6. The predicted molar refractivity (Wildman–Crippen MR) is 85.4 cm³/mol. The van der Waals surface area contributed by atoms with Gasteiger partial charge in [-0.3, -0.25) is 9.59 Å². The lowest BCUT2D eigenvalue weighted by atomic mass is 10.0. The summed E-state index contributed by atoms with van der Waals surface area (Å²) in [5, 5.41) is 0. The smallest absolute Gasteiger partial charge is 0.231 e. The zero-order chi connectivity index (χ0) is 17.1. The molecule has 1 aliphatic rings. The zero-order valence-corrected chi connectivity index (χ0v) is 13.3. The molecule has 0 bridgehead atoms. The van der Waals surface area contributed by atoms with Crippen LogP contribution in [-0.4, -0.2) is 32.6 Å². The fraction of sp³-hybridized carbons (Fsp3) is 0.222. The van der Waals surface area contributed by atoms with Crippen LogP contribution in [0.15, 0.2) is 36.4 Å². The van der Waals surface area contributed by atoms with Gasteiger partial charge in [-0.05, 0) is 30.3 Å². The average Bonchev–Trinajstić information content (AvgIpc) is 3.08. The maximum absolute atomic E-state index is 12.4. The zero-order valence-electron chi connectivity index (χ0n) is 13.3. The Morgan fingerprint density at radius 1 is 0.958 bits per heavy atom. The molecule has 0 fully saturated rings. The molecule has 3 rings (SSSR count). The summed E-state index contributed by atoms with van der Waals surface area (Å²) in [5.41, 5.74) is 0.743. The minimum Gasteiger partial charge on any atom is -0.497 e. The quantitative estimate of drug-likeness (QED) is 0.600. The van der Waals surface area contributed by atoms with Crippen LogP contribution >= 0.6 is 0 Å². The first kappa shape index (κ1) is 15.9.